The molecular weight excluding hydrogens is 465 g/mol. The first-order valence-corrected chi connectivity index (χ1v) is 10.8. The van der Waals surface area contributed by atoms with Crippen LogP contribution in [0.25, 0.3) is 0 Å². The number of hydrogen-bond donors (Lipinski definition) is 0. The smallest absolute Gasteiger partial charge is 0.543 e. The number of rotatable bonds is 9. The Balaban J connectivity index is 0.00000324. The summed E-state index contributed by atoms with van der Waals surface area (Å²) in [6.45, 7) is -0.238. The zero-order valence-corrected chi connectivity index (χ0v) is 21.1. The van der Waals surface area contributed by atoms with E-state index in [1.165, 1.54) is 23.7 Å². The molecule has 0 N–H and O–H groups in total. The minimum absolute atomic E-state index is 0. The van der Waals surface area contributed by atoms with Gasteiger partial charge in [0.15, 0.2) is 6.61 Å². The van der Waals surface area contributed by atoms with Crippen molar-refractivity contribution in [3.63, 3.8) is 0 Å². The number of carbonyl (C=O) groups excluding carboxylic acids is 1. The second-order valence-corrected chi connectivity index (χ2v) is 7.82. The predicted octanol–water partition coefficient (Wildman–Crippen LogP) is 0.544. The molecule has 166 valence electrons. The molecule has 0 aliphatic carbocycles. The Morgan fingerprint density at radius 2 is 1.65 bits per heavy atom. The van der Waals surface area contributed by atoms with Gasteiger partial charge in [-0.1, -0.05) is 71.9 Å². The first-order chi connectivity index (χ1) is 16.1. The fourth-order valence-corrected chi connectivity index (χ4v) is 3.76. The molecule has 9 heteroatoms. The van der Waals surface area contributed by atoms with E-state index in [0.717, 1.165) is 11.1 Å². The fraction of sp³-hybridized carbons (Fsp3) is 0.0800. The van der Waals surface area contributed by atoms with Gasteiger partial charge in [-0.2, -0.15) is 0 Å². The van der Waals surface area contributed by atoms with Crippen molar-refractivity contribution >= 4 is 23.0 Å². The summed E-state index contributed by atoms with van der Waals surface area (Å²) in [4.78, 5) is 29.4. The van der Waals surface area contributed by atoms with Gasteiger partial charge in [0, 0.05) is 6.07 Å². The molecule has 0 aliphatic rings. The van der Waals surface area contributed by atoms with Gasteiger partial charge >= 0.3 is 29.6 Å². The van der Waals surface area contributed by atoms with Crippen molar-refractivity contribution in [1.82, 2.24) is 0 Å². The average Bonchev–Trinajstić information content (AvgIpc) is 3.37. The van der Waals surface area contributed by atoms with Gasteiger partial charge in [-0.05, 0) is 22.6 Å². The van der Waals surface area contributed by atoms with Gasteiger partial charge in [-0.3, -0.25) is 4.79 Å². The third kappa shape index (κ3) is 6.45. The summed E-state index contributed by atoms with van der Waals surface area (Å²) in [5.74, 6) is -1.26. The third-order valence-corrected chi connectivity index (χ3v) is 5.49. The monoisotopic (exact) mass is 483 g/mol. The maximum atomic E-state index is 12.7. The van der Waals surface area contributed by atoms with E-state index in [2.05, 4.69) is 5.16 Å². The molecule has 0 aliphatic heterocycles. The second kappa shape index (κ2) is 12.3. The van der Waals surface area contributed by atoms with Crippen molar-refractivity contribution in [1.29, 1.82) is 0 Å². The Bertz CT molecular complexity index is 1250. The fourth-order valence-electron chi connectivity index (χ4n) is 3.07. The van der Waals surface area contributed by atoms with E-state index in [9.17, 15) is 14.7 Å². The molecule has 2 aromatic carbocycles. The number of carboxylic acid groups (broad SMARTS) is 1. The Morgan fingerprint density at radius 3 is 2.18 bits per heavy atom. The third-order valence-electron chi connectivity index (χ3n) is 4.61. The number of benzene rings is 2. The molecule has 0 radical (unpaired) electrons. The van der Waals surface area contributed by atoms with Crippen LogP contribution in [0.3, 0.4) is 0 Å². The molecule has 34 heavy (non-hydrogen) atoms. The largest absolute Gasteiger partial charge is 1.00 e. The van der Waals surface area contributed by atoms with Crippen molar-refractivity contribution in [3.05, 3.63) is 122 Å². The molecule has 0 fully saturated rings. The van der Waals surface area contributed by atoms with E-state index in [1.54, 1.807) is 17.5 Å². The summed E-state index contributed by atoms with van der Waals surface area (Å²) < 4.78 is 11.5. The summed E-state index contributed by atoms with van der Waals surface area (Å²) in [6, 6.07) is 23.6. The first-order valence-electron chi connectivity index (χ1n) is 9.95. The van der Waals surface area contributed by atoms with Crippen LogP contribution in [0.4, 0.5) is 0 Å². The van der Waals surface area contributed by atoms with Crippen LogP contribution in [0, 0.1) is 0 Å². The molecule has 0 bridgehead atoms. The van der Waals surface area contributed by atoms with Crippen LogP contribution in [0.1, 0.15) is 27.9 Å². The van der Waals surface area contributed by atoms with E-state index in [0.29, 0.717) is 4.88 Å². The van der Waals surface area contributed by atoms with Gasteiger partial charge in [0.05, 0.1) is 10.8 Å². The summed E-state index contributed by atoms with van der Waals surface area (Å²) in [7, 11) is 0. The van der Waals surface area contributed by atoms with E-state index in [4.69, 9.17) is 14.0 Å². The second-order valence-electron chi connectivity index (χ2n) is 6.87. The molecule has 7 nitrogen and oxygen atoms in total. The number of hydrogen-bond acceptors (Lipinski definition) is 8. The van der Waals surface area contributed by atoms with Gasteiger partial charge in [0.25, 0.3) is 0 Å². The van der Waals surface area contributed by atoms with Crippen LogP contribution in [-0.4, -0.2) is 11.7 Å². The van der Waals surface area contributed by atoms with Crippen molar-refractivity contribution in [2.75, 3.05) is 0 Å². The van der Waals surface area contributed by atoms with E-state index < -0.39 is 17.5 Å². The normalized spacial score (nSPS) is 11.0. The van der Waals surface area contributed by atoms with Crippen molar-refractivity contribution in [2.24, 2.45) is 5.16 Å². The van der Waals surface area contributed by atoms with Crippen LogP contribution in [0.5, 0.6) is 5.75 Å². The minimum atomic E-state index is -1.46. The number of ether oxygens (including phenoxy) is 1. The minimum Gasteiger partial charge on any atom is -0.543 e. The van der Waals surface area contributed by atoms with Crippen LogP contribution in [0.2, 0.25) is 0 Å². The quantitative estimate of drug-likeness (QED) is 0.196. The molecule has 0 saturated carbocycles. The Kier molecular flexibility index (Phi) is 9.24. The maximum absolute atomic E-state index is 12.7. The van der Waals surface area contributed by atoms with E-state index in [1.807, 2.05) is 60.7 Å². The predicted molar refractivity (Wildman–Crippen MR) is 121 cm³/mol. The number of carbonyl (C=O) groups is 1. The summed E-state index contributed by atoms with van der Waals surface area (Å²) in [5, 5.41) is 16.6. The molecule has 2 aromatic heterocycles. The van der Waals surface area contributed by atoms with Crippen molar-refractivity contribution in [3.8, 4) is 5.75 Å². The molecule has 0 atom stereocenters. The molecule has 0 spiro atoms. The maximum Gasteiger partial charge on any atom is 1.00 e. The van der Waals surface area contributed by atoms with Gasteiger partial charge in [0.2, 0.25) is 11.2 Å². The molecule has 0 saturated heterocycles. The molecule has 2 heterocycles. The number of carboxylic acids is 1. The zero-order chi connectivity index (χ0) is 23.0. The van der Waals surface area contributed by atoms with Crippen molar-refractivity contribution < 1.29 is 53.4 Å². The number of nitrogens with zero attached hydrogens (tertiary/aromatic N) is 1. The van der Waals surface area contributed by atoms with Gasteiger partial charge in [0.1, 0.15) is 23.8 Å². The zero-order valence-electron chi connectivity index (χ0n) is 18.2. The molecule has 0 unspecified atom stereocenters. The SMILES string of the molecule is O=C([O-])/C(=N/OCc1cc(=O)c(OC(c2ccccc2)c2ccccc2)co1)c1cccs1.[Na+]. The molecule has 4 aromatic rings. The molecule has 4 rings (SSSR count). The number of thiophene rings is 1. The summed E-state index contributed by atoms with van der Waals surface area (Å²) >= 11 is 1.19. The number of oxime groups is 1. The first kappa shape index (κ1) is 25.5. The molecule has 0 amide bonds. The average molecular weight is 483 g/mol. The number of aliphatic carboxylic acids is 1. The van der Waals surface area contributed by atoms with Gasteiger partial charge in [-0.15, -0.1) is 11.3 Å². The van der Waals surface area contributed by atoms with Crippen LogP contribution < -0.4 is 44.8 Å². The van der Waals surface area contributed by atoms with E-state index >= 15 is 0 Å². The Labute approximate surface area is 221 Å². The topological polar surface area (TPSA) is 101 Å². The van der Waals surface area contributed by atoms with Crippen molar-refractivity contribution in [2.45, 2.75) is 12.7 Å². The van der Waals surface area contributed by atoms with Crippen LogP contribution in [0.15, 0.2) is 105 Å². The summed E-state index contributed by atoms with van der Waals surface area (Å²) in [5.41, 5.74) is 1.03. The van der Waals surface area contributed by atoms with Gasteiger partial charge in [-0.25, -0.2) is 0 Å². The standard InChI is InChI=1S/C25H19NO6S.Na/c27-20-14-19(15-31-26-23(25(28)29)22-12-7-13-33-22)30-16-21(20)32-24(17-8-3-1-4-9-17)18-10-5-2-6-11-18;/h1-14,16,24H,15H2,(H,28,29);/q;+1/p-1/b26-23+;. The van der Waals surface area contributed by atoms with E-state index in [-0.39, 0.29) is 53.4 Å². The Hall–Kier alpha value is -3.17. The summed E-state index contributed by atoms with van der Waals surface area (Å²) in [6.07, 6.45) is 0.709. The van der Waals surface area contributed by atoms with Crippen LogP contribution >= 0.6 is 11.3 Å². The van der Waals surface area contributed by atoms with Crippen LogP contribution in [-0.2, 0) is 16.2 Å². The Morgan fingerprint density at radius 1 is 1.00 bits per heavy atom. The molecular formula is C25H18NNaO6S. The van der Waals surface area contributed by atoms with Gasteiger partial charge < -0.3 is 23.9 Å².